The zero-order valence-corrected chi connectivity index (χ0v) is 14.8. The van der Waals surface area contributed by atoms with E-state index in [9.17, 15) is 4.79 Å². The second-order valence-corrected chi connectivity index (χ2v) is 7.46. The summed E-state index contributed by atoms with van der Waals surface area (Å²) >= 11 is 0. The van der Waals surface area contributed by atoms with E-state index >= 15 is 0 Å². The molecule has 3 aromatic rings. The summed E-state index contributed by atoms with van der Waals surface area (Å²) in [6, 6.07) is 12.2. The minimum atomic E-state index is -0.113. The smallest absolute Gasteiger partial charge is 0.287 e. The fraction of sp³-hybridized carbons (Fsp3) is 0.381. The number of rotatable bonds is 3. The Kier molecular flexibility index (Phi) is 4.00. The standard InChI is InChI=1S/C21H24N2O2/c1-14-16-8-7-15-5-3-4-6-17(15)19(16)25-18(14)20(24)23-13-21(2)9-11-22-12-10-21/h3-8,22H,9-13H2,1-2H3,(H,23,24). The summed E-state index contributed by atoms with van der Waals surface area (Å²) < 4.78 is 6.02. The molecule has 0 atom stereocenters. The van der Waals surface area contributed by atoms with Gasteiger partial charge in [-0.3, -0.25) is 4.79 Å². The average molecular weight is 336 g/mol. The van der Waals surface area contributed by atoms with Crippen molar-refractivity contribution in [1.29, 1.82) is 0 Å². The normalized spacial score (nSPS) is 17.0. The van der Waals surface area contributed by atoms with E-state index in [1.165, 1.54) is 0 Å². The Balaban J connectivity index is 1.63. The van der Waals surface area contributed by atoms with E-state index in [2.05, 4.69) is 29.7 Å². The zero-order valence-electron chi connectivity index (χ0n) is 14.8. The Morgan fingerprint density at radius 3 is 2.72 bits per heavy atom. The van der Waals surface area contributed by atoms with Crippen molar-refractivity contribution in [2.45, 2.75) is 26.7 Å². The molecule has 130 valence electrons. The molecule has 1 aromatic heterocycles. The molecule has 0 unspecified atom stereocenters. The fourth-order valence-corrected chi connectivity index (χ4v) is 3.75. The van der Waals surface area contributed by atoms with Gasteiger partial charge in [-0.1, -0.05) is 43.3 Å². The van der Waals surface area contributed by atoms with Gasteiger partial charge in [0.1, 0.15) is 5.58 Å². The first-order chi connectivity index (χ1) is 12.1. The van der Waals surface area contributed by atoms with Crippen molar-refractivity contribution in [3.05, 3.63) is 47.7 Å². The van der Waals surface area contributed by atoms with Crippen molar-refractivity contribution in [3.8, 4) is 0 Å². The number of hydrogen-bond acceptors (Lipinski definition) is 3. The molecular weight excluding hydrogens is 312 g/mol. The summed E-state index contributed by atoms with van der Waals surface area (Å²) in [4.78, 5) is 12.7. The largest absolute Gasteiger partial charge is 0.450 e. The molecule has 1 aliphatic heterocycles. The number of furan rings is 1. The molecule has 2 aromatic carbocycles. The van der Waals surface area contributed by atoms with Crippen molar-refractivity contribution in [2.24, 2.45) is 5.41 Å². The van der Waals surface area contributed by atoms with E-state index in [1.54, 1.807) is 0 Å². The third-order valence-corrected chi connectivity index (χ3v) is 5.52. The Bertz CT molecular complexity index is 936. The first-order valence-electron chi connectivity index (χ1n) is 8.97. The molecule has 1 saturated heterocycles. The van der Waals surface area contributed by atoms with Gasteiger partial charge in [-0.15, -0.1) is 0 Å². The maximum Gasteiger partial charge on any atom is 0.287 e. The predicted octanol–water partition coefficient (Wildman–Crippen LogP) is 4.01. The Morgan fingerprint density at radius 2 is 1.92 bits per heavy atom. The highest BCUT2D eigenvalue weighted by molar-refractivity contribution is 6.08. The van der Waals surface area contributed by atoms with Crippen LogP contribution >= 0.6 is 0 Å². The molecule has 4 heteroatoms. The summed E-state index contributed by atoms with van der Waals surface area (Å²) in [7, 11) is 0. The molecule has 4 rings (SSSR count). The summed E-state index contributed by atoms with van der Waals surface area (Å²) in [5, 5.41) is 9.65. The lowest BCUT2D eigenvalue weighted by Gasteiger charge is -2.34. The summed E-state index contributed by atoms with van der Waals surface area (Å²) in [6.45, 7) is 6.92. The molecule has 1 fully saturated rings. The van der Waals surface area contributed by atoms with Crippen molar-refractivity contribution >= 4 is 27.6 Å². The van der Waals surface area contributed by atoms with E-state index in [-0.39, 0.29) is 11.3 Å². The molecule has 2 N–H and O–H groups in total. The summed E-state index contributed by atoms with van der Waals surface area (Å²) in [5.74, 6) is 0.321. The molecule has 0 radical (unpaired) electrons. The van der Waals surface area contributed by atoms with Crippen LogP contribution in [0.2, 0.25) is 0 Å². The van der Waals surface area contributed by atoms with Crippen LogP contribution in [-0.2, 0) is 0 Å². The number of nitrogens with one attached hydrogen (secondary N) is 2. The number of fused-ring (bicyclic) bond motifs is 3. The van der Waals surface area contributed by atoms with Crippen molar-refractivity contribution < 1.29 is 9.21 Å². The SMILES string of the molecule is Cc1c(C(=O)NCC2(C)CCNCC2)oc2c1ccc1ccccc12. The number of benzene rings is 2. The molecule has 4 nitrogen and oxygen atoms in total. The van der Waals surface area contributed by atoms with Gasteiger partial charge in [-0.25, -0.2) is 0 Å². The van der Waals surface area contributed by atoms with Gasteiger partial charge < -0.3 is 15.1 Å². The maximum atomic E-state index is 12.7. The van der Waals surface area contributed by atoms with Gasteiger partial charge in [0.05, 0.1) is 0 Å². The molecule has 0 aliphatic carbocycles. The average Bonchev–Trinajstić information content (AvgIpc) is 2.98. The highest BCUT2D eigenvalue weighted by Crippen LogP contribution is 2.32. The first-order valence-corrected chi connectivity index (χ1v) is 8.97. The van der Waals surface area contributed by atoms with E-state index in [0.29, 0.717) is 12.3 Å². The molecule has 2 heterocycles. The van der Waals surface area contributed by atoms with Crippen molar-refractivity contribution in [2.75, 3.05) is 19.6 Å². The van der Waals surface area contributed by atoms with Crippen LogP contribution in [0.4, 0.5) is 0 Å². The van der Waals surface area contributed by atoms with Crippen molar-refractivity contribution in [1.82, 2.24) is 10.6 Å². The monoisotopic (exact) mass is 336 g/mol. The molecule has 0 bridgehead atoms. The number of carbonyl (C=O) groups excluding carboxylic acids is 1. The molecule has 1 amide bonds. The number of aryl methyl sites for hydroxylation is 1. The van der Waals surface area contributed by atoms with Crippen molar-refractivity contribution in [3.63, 3.8) is 0 Å². The lowest BCUT2D eigenvalue weighted by Crippen LogP contribution is -2.42. The lowest BCUT2D eigenvalue weighted by atomic mass is 9.81. The fourth-order valence-electron chi connectivity index (χ4n) is 3.75. The minimum absolute atomic E-state index is 0.113. The second-order valence-electron chi connectivity index (χ2n) is 7.46. The molecule has 0 saturated carbocycles. The van der Waals surface area contributed by atoms with E-state index < -0.39 is 0 Å². The van der Waals surface area contributed by atoms with Crippen LogP contribution in [0.15, 0.2) is 40.8 Å². The highest BCUT2D eigenvalue weighted by atomic mass is 16.3. The number of hydrogen-bond donors (Lipinski definition) is 2. The zero-order chi connectivity index (χ0) is 17.4. The lowest BCUT2D eigenvalue weighted by molar-refractivity contribution is 0.0896. The van der Waals surface area contributed by atoms with Gasteiger partial charge in [0.25, 0.3) is 5.91 Å². The molecule has 25 heavy (non-hydrogen) atoms. The Hall–Kier alpha value is -2.33. The van der Waals surface area contributed by atoms with Gasteiger partial charge in [0.15, 0.2) is 5.76 Å². The van der Waals surface area contributed by atoms with Gasteiger partial charge in [0.2, 0.25) is 0 Å². The predicted molar refractivity (Wildman–Crippen MR) is 101 cm³/mol. The first kappa shape index (κ1) is 16.2. The van der Waals surface area contributed by atoms with Gasteiger partial charge >= 0.3 is 0 Å². The van der Waals surface area contributed by atoms with Crippen LogP contribution in [0.1, 0.15) is 35.9 Å². The van der Waals surface area contributed by atoms with Crippen LogP contribution in [0.25, 0.3) is 21.7 Å². The summed E-state index contributed by atoms with van der Waals surface area (Å²) in [5.41, 5.74) is 1.87. The van der Waals surface area contributed by atoms with Gasteiger partial charge in [0, 0.05) is 22.9 Å². The van der Waals surface area contributed by atoms with Gasteiger partial charge in [-0.05, 0) is 43.7 Å². The van der Waals surface area contributed by atoms with Gasteiger partial charge in [-0.2, -0.15) is 0 Å². The van der Waals surface area contributed by atoms with Crippen LogP contribution in [0.5, 0.6) is 0 Å². The minimum Gasteiger partial charge on any atom is -0.450 e. The molecule has 1 aliphatic rings. The maximum absolute atomic E-state index is 12.7. The summed E-state index contributed by atoms with van der Waals surface area (Å²) in [6.07, 6.45) is 2.16. The molecule has 0 spiro atoms. The van der Waals surface area contributed by atoms with E-state index in [1.807, 2.05) is 31.2 Å². The second kappa shape index (κ2) is 6.19. The van der Waals surface area contributed by atoms with E-state index in [0.717, 1.165) is 53.2 Å². The number of carbonyl (C=O) groups is 1. The quantitative estimate of drug-likeness (QED) is 0.760. The van der Waals surface area contributed by atoms with Crippen LogP contribution in [-0.4, -0.2) is 25.5 Å². The third kappa shape index (κ3) is 2.91. The topological polar surface area (TPSA) is 54.3 Å². The Morgan fingerprint density at radius 1 is 1.16 bits per heavy atom. The van der Waals surface area contributed by atoms with Crippen LogP contribution < -0.4 is 10.6 Å². The van der Waals surface area contributed by atoms with E-state index in [4.69, 9.17) is 4.42 Å². The highest BCUT2D eigenvalue weighted by Gasteiger charge is 2.28. The van der Waals surface area contributed by atoms with Crippen LogP contribution in [0, 0.1) is 12.3 Å². The number of piperidine rings is 1. The Labute approximate surface area is 147 Å². The number of amides is 1. The van der Waals surface area contributed by atoms with Crippen LogP contribution in [0.3, 0.4) is 0 Å². The third-order valence-electron chi connectivity index (χ3n) is 5.52. The molecular formula is C21H24N2O2.